The van der Waals surface area contributed by atoms with Gasteiger partial charge in [-0.2, -0.15) is 5.10 Å². The van der Waals surface area contributed by atoms with E-state index in [0.717, 1.165) is 25.7 Å². The minimum Gasteiger partial charge on any atom is -0.347 e. The number of hydrogen-bond acceptors (Lipinski definition) is 6. The van der Waals surface area contributed by atoms with E-state index in [1.807, 2.05) is 0 Å². The highest BCUT2D eigenvalue weighted by Crippen LogP contribution is 2.45. The van der Waals surface area contributed by atoms with Crippen molar-refractivity contribution < 1.29 is 27.2 Å². The molecule has 0 aliphatic heterocycles. The highest BCUT2D eigenvalue weighted by atomic mass is 19.3. The van der Waals surface area contributed by atoms with E-state index in [9.17, 15) is 27.2 Å². The second-order valence-electron chi connectivity index (χ2n) is 13.3. The first-order valence-electron chi connectivity index (χ1n) is 15.6. The summed E-state index contributed by atoms with van der Waals surface area (Å²) in [5.74, 6) is -5.46. The Morgan fingerprint density at radius 3 is 2.25 bits per heavy atom. The fourth-order valence-electron chi connectivity index (χ4n) is 6.67. The van der Waals surface area contributed by atoms with Crippen molar-refractivity contribution in [3.63, 3.8) is 0 Å². The number of hydrogen-bond donors (Lipinski definition) is 2. The Morgan fingerprint density at radius 1 is 0.886 bits per heavy atom. The van der Waals surface area contributed by atoms with Crippen LogP contribution in [0, 0.1) is 23.7 Å². The summed E-state index contributed by atoms with van der Waals surface area (Å²) in [5.41, 5.74) is 1.12. The lowest BCUT2D eigenvalue weighted by molar-refractivity contribution is -0.134. The van der Waals surface area contributed by atoms with Crippen LogP contribution in [-0.2, 0) is 11.3 Å². The van der Waals surface area contributed by atoms with Crippen LogP contribution in [0.2, 0.25) is 0 Å². The summed E-state index contributed by atoms with van der Waals surface area (Å²) in [5, 5.41) is 10.3. The average molecular weight is 617 g/mol. The van der Waals surface area contributed by atoms with Gasteiger partial charge in [0.15, 0.2) is 0 Å². The molecule has 44 heavy (non-hydrogen) atoms. The van der Waals surface area contributed by atoms with E-state index in [1.165, 1.54) is 6.33 Å². The quantitative estimate of drug-likeness (QED) is 0.292. The predicted molar refractivity (Wildman–Crippen MR) is 149 cm³/mol. The smallest absolute Gasteiger partial charge is 0.289 e. The zero-order valence-corrected chi connectivity index (χ0v) is 24.3. The highest BCUT2D eigenvalue weighted by molar-refractivity contribution is 5.90. The molecule has 0 spiro atoms. The maximum atomic E-state index is 14.1. The number of aromatic nitrogens is 6. The molecule has 10 nitrogen and oxygen atoms in total. The molecule has 2 N–H and O–H groups in total. The summed E-state index contributed by atoms with van der Waals surface area (Å²) < 4.78 is 58.0. The van der Waals surface area contributed by atoms with Gasteiger partial charge in [-0.1, -0.05) is 0 Å². The minimum absolute atomic E-state index is 0.0603. The number of alkyl halides is 4. The predicted octanol–water partition coefficient (Wildman–Crippen LogP) is 5.03. The van der Waals surface area contributed by atoms with E-state index in [0.29, 0.717) is 29.6 Å². The zero-order chi connectivity index (χ0) is 30.6. The summed E-state index contributed by atoms with van der Waals surface area (Å²) in [6.07, 6.45) is 8.35. The van der Waals surface area contributed by atoms with Crippen LogP contribution in [0.15, 0.2) is 24.8 Å². The van der Waals surface area contributed by atoms with Gasteiger partial charge in [0.25, 0.3) is 5.91 Å². The SMILES string of the molecule is O=C(CC1CC(F)(F)C1)N[C@@H](c1ccn2cc([C@@H](NC(=O)c3ncnn3CC3CC3)C3CCC(F)(F)CC3)nc2n1)C1CC1. The Kier molecular flexibility index (Phi) is 7.35. The van der Waals surface area contributed by atoms with Crippen molar-refractivity contribution in [3.05, 3.63) is 42.0 Å². The van der Waals surface area contributed by atoms with Crippen LogP contribution in [-0.4, -0.2) is 52.8 Å². The molecule has 4 aliphatic carbocycles. The van der Waals surface area contributed by atoms with E-state index in [2.05, 4.69) is 20.7 Å². The Morgan fingerprint density at radius 2 is 1.57 bits per heavy atom. The van der Waals surface area contributed by atoms with Gasteiger partial charge in [0.2, 0.25) is 29.4 Å². The molecular formula is C30H36F4N8O2. The molecule has 4 saturated carbocycles. The molecule has 3 aromatic rings. The number of nitrogens with one attached hydrogen (secondary N) is 2. The van der Waals surface area contributed by atoms with Gasteiger partial charge in [0, 0.05) is 51.0 Å². The number of imidazole rings is 1. The minimum atomic E-state index is -2.73. The third-order valence-electron chi connectivity index (χ3n) is 9.53. The van der Waals surface area contributed by atoms with Crippen LogP contribution >= 0.6 is 0 Å². The largest absolute Gasteiger partial charge is 0.347 e. The van der Waals surface area contributed by atoms with E-state index in [-0.39, 0.29) is 80.5 Å². The number of rotatable bonds is 11. The van der Waals surface area contributed by atoms with Crippen molar-refractivity contribution in [1.82, 2.24) is 39.8 Å². The zero-order valence-electron chi connectivity index (χ0n) is 24.3. The molecule has 3 aromatic heterocycles. The standard InChI is InChI=1S/C30H36F4N8O2/c31-29(32)8-5-20(6-9-29)25(40-27(44)26-35-16-36-42(26)14-17-1-2-17)22-15-41-10-7-21(37-28(41)38-22)24(19-3-4-19)39-23(43)11-18-12-30(33,34)13-18/h7,10,15-20,24-25H,1-6,8-9,11-14H2,(H,39,43)(H,40,44)/t24-,25+/m1/s1. The summed E-state index contributed by atoms with van der Waals surface area (Å²) in [6, 6.07) is 0.797. The van der Waals surface area contributed by atoms with Crippen molar-refractivity contribution in [2.75, 3.05) is 0 Å². The van der Waals surface area contributed by atoms with Crippen LogP contribution in [0.3, 0.4) is 0 Å². The van der Waals surface area contributed by atoms with Gasteiger partial charge in [0.05, 0.1) is 23.5 Å². The Bertz CT molecular complexity index is 1530. The van der Waals surface area contributed by atoms with Crippen LogP contribution in [0.4, 0.5) is 17.6 Å². The molecule has 0 saturated heterocycles. The second-order valence-corrected chi connectivity index (χ2v) is 13.3. The third kappa shape index (κ3) is 6.44. The number of carbonyl (C=O) groups excluding carboxylic acids is 2. The Balaban J connectivity index is 1.11. The first kappa shape index (κ1) is 29.1. The van der Waals surface area contributed by atoms with E-state index in [4.69, 9.17) is 9.97 Å². The van der Waals surface area contributed by atoms with Crippen LogP contribution < -0.4 is 10.6 Å². The maximum Gasteiger partial charge on any atom is 0.289 e. The van der Waals surface area contributed by atoms with E-state index < -0.39 is 23.8 Å². The first-order chi connectivity index (χ1) is 21.0. The Hall–Kier alpha value is -3.58. The summed E-state index contributed by atoms with van der Waals surface area (Å²) in [4.78, 5) is 39.8. The summed E-state index contributed by atoms with van der Waals surface area (Å²) >= 11 is 0. The molecule has 0 aromatic carbocycles. The van der Waals surface area contributed by atoms with Gasteiger partial charge >= 0.3 is 0 Å². The summed E-state index contributed by atoms with van der Waals surface area (Å²) in [7, 11) is 0. The van der Waals surface area contributed by atoms with Gasteiger partial charge in [-0.3, -0.25) is 14.0 Å². The Labute approximate surface area is 251 Å². The molecular weight excluding hydrogens is 580 g/mol. The van der Waals surface area contributed by atoms with Gasteiger partial charge < -0.3 is 10.6 Å². The third-order valence-corrected chi connectivity index (χ3v) is 9.53. The normalized spacial score (nSPS) is 23.2. The average Bonchev–Trinajstić information content (AvgIpc) is 3.87. The number of halogens is 4. The number of amides is 2. The second kappa shape index (κ2) is 11.1. The van der Waals surface area contributed by atoms with Gasteiger partial charge in [0.1, 0.15) is 6.33 Å². The van der Waals surface area contributed by atoms with Gasteiger partial charge in [-0.05, 0) is 68.3 Å². The van der Waals surface area contributed by atoms with E-state index in [1.54, 1.807) is 27.5 Å². The monoisotopic (exact) mass is 616 g/mol. The van der Waals surface area contributed by atoms with Crippen LogP contribution in [0.1, 0.15) is 105 Å². The fourth-order valence-corrected chi connectivity index (χ4v) is 6.67. The molecule has 0 bridgehead atoms. The lowest BCUT2D eigenvalue weighted by Crippen LogP contribution is -2.39. The molecule has 3 heterocycles. The molecule has 14 heteroatoms. The van der Waals surface area contributed by atoms with Crippen molar-refractivity contribution >= 4 is 17.6 Å². The molecule has 4 fully saturated rings. The molecule has 0 radical (unpaired) electrons. The van der Waals surface area contributed by atoms with Crippen LogP contribution in [0.5, 0.6) is 0 Å². The topological polar surface area (TPSA) is 119 Å². The number of carbonyl (C=O) groups is 2. The van der Waals surface area contributed by atoms with Gasteiger partial charge in [-0.25, -0.2) is 37.2 Å². The molecule has 0 unspecified atom stereocenters. The number of nitrogens with zero attached hydrogens (tertiary/aromatic N) is 6. The van der Waals surface area contributed by atoms with Gasteiger partial charge in [-0.15, -0.1) is 0 Å². The van der Waals surface area contributed by atoms with Crippen molar-refractivity contribution in [2.45, 2.75) is 101 Å². The van der Waals surface area contributed by atoms with Crippen LogP contribution in [0.25, 0.3) is 5.78 Å². The molecule has 4 aliphatic rings. The fraction of sp³-hybridized carbons (Fsp3) is 0.667. The van der Waals surface area contributed by atoms with Crippen molar-refractivity contribution in [1.29, 1.82) is 0 Å². The summed E-state index contributed by atoms with van der Waals surface area (Å²) in [6.45, 7) is 0.607. The molecule has 236 valence electrons. The lowest BCUT2D eigenvalue weighted by Gasteiger charge is -2.34. The molecule has 2 amide bonds. The first-order valence-corrected chi connectivity index (χ1v) is 15.6. The van der Waals surface area contributed by atoms with Crippen molar-refractivity contribution in [3.8, 4) is 0 Å². The lowest BCUT2D eigenvalue weighted by atomic mass is 9.79. The molecule has 2 atom stereocenters. The molecule has 7 rings (SSSR count). The van der Waals surface area contributed by atoms with E-state index >= 15 is 0 Å². The van der Waals surface area contributed by atoms with Crippen molar-refractivity contribution in [2.24, 2.45) is 23.7 Å². The maximum absolute atomic E-state index is 14.1. The number of fused-ring (bicyclic) bond motifs is 1. The highest BCUT2D eigenvalue weighted by Gasteiger charge is 2.46.